The molecule has 0 saturated heterocycles. The molecule has 0 saturated carbocycles. The molecule has 2 heterocycles. The van der Waals surface area contributed by atoms with Crippen molar-refractivity contribution < 1.29 is 27.8 Å². The van der Waals surface area contributed by atoms with Crippen molar-refractivity contribution in [2.75, 3.05) is 11.7 Å². The fraction of sp³-hybridized carbons (Fsp3) is 0.304. The standard InChI is InChI=1S/C23H23F3N4O3/c1-14-19(28-30(27-14)17-6-4-16(5-7-17)23(24,25)26)13-33-18-8-9-20-15(12-18)10-11-29(20)22(2,3)21(31)32/h4-12,19,28H,13H2,1-3H3,(H,31,32). The molecular weight excluding hydrogens is 437 g/mol. The van der Waals surface area contributed by atoms with Crippen LogP contribution in [0.25, 0.3) is 10.9 Å². The number of fused-ring (bicyclic) bond motifs is 1. The normalized spacial score (nSPS) is 16.8. The summed E-state index contributed by atoms with van der Waals surface area (Å²) in [4.78, 5) is 11.6. The Kier molecular flexibility index (Phi) is 5.57. The molecule has 7 nitrogen and oxygen atoms in total. The van der Waals surface area contributed by atoms with Crippen LogP contribution in [0.15, 0.2) is 59.8 Å². The molecule has 1 aromatic heterocycles. The summed E-state index contributed by atoms with van der Waals surface area (Å²) >= 11 is 0. The van der Waals surface area contributed by atoms with E-state index in [-0.39, 0.29) is 12.6 Å². The van der Waals surface area contributed by atoms with Gasteiger partial charge in [0.15, 0.2) is 0 Å². The Hall–Kier alpha value is -3.53. The minimum atomic E-state index is -4.39. The molecule has 2 aromatic carbocycles. The summed E-state index contributed by atoms with van der Waals surface area (Å²) in [5.74, 6) is -0.323. The zero-order valence-electron chi connectivity index (χ0n) is 18.2. The maximum Gasteiger partial charge on any atom is 0.416 e. The van der Waals surface area contributed by atoms with E-state index in [1.54, 1.807) is 30.7 Å². The van der Waals surface area contributed by atoms with E-state index in [4.69, 9.17) is 4.74 Å². The Labute approximate surface area is 188 Å². The number of nitrogens with one attached hydrogen (secondary N) is 1. The van der Waals surface area contributed by atoms with Crippen LogP contribution in [0.1, 0.15) is 26.3 Å². The van der Waals surface area contributed by atoms with Crippen molar-refractivity contribution in [1.82, 2.24) is 9.99 Å². The van der Waals surface area contributed by atoms with E-state index >= 15 is 0 Å². The summed E-state index contributed by atoms with van der Waals surface area (Å²) in [6.07, 6.45) is -2.65. The van der Waals surface area contributed by atoms with Gasteiger partial charge in [0.2, 0.25) is 0 Å². The van der Waals surface area contributed by atoms with Crippen molar-refractivity contribution in [3.63, 3.8) is 0 Å². The fourth-order valence-corrected chi connectivity index (χ4v) is 3.56. The SMILES string of the molecule is CC1=NN(c2ccc(C(F)(F)F)cc2)NC1COc1ccc2c(ccn2C(C)(C)C(=O)O)c1. The van der Waals surface area contributed by atoms with Crippen LogP contribution in [0.5, 0.6) is 5.75 Å². The molecule has 33 heavy (non-hydrogen) atoms. The Morgan fingerprint density at radius 2 is 1.85 bits per heavy atom. The number of anilines is 1. The molecule has 4 rings (SSSR count). The maximum atomic E-state index is 12.8. The predicted molar refractivity (Wildman–Crippen MR) is 118 cm³/mol. The first-order valence-electron chi connectivity index (χ1n) is 10.2. The number of aliphatic carboxylic acids is 1. The van der Waals surface area contributed by atoms with Crippen molar-refractivity contribution in [3.05, 3.63) is 60.3 Å². The molecule has 1 atom stereocenters. The number of hydrogen-bond donors (Lipinski definition) is 2. The molecule has 10 heteroatoms. The van der Waals surface area contributed by atoms with Crippen LogP contribution in [-0.2, 0) is 16.5 Å². The lowest BCUT2D eigenvalue weighted by Gasteiger charge is -2.23. The van der Waals surface area contributed by atoms with Crippen LogP contribution < -0.4 is 15.3 Å². The van der Waals surface area contributed by atoms with E-state index in [0.29, 0.717) is 11.4 Å². The van der Waals surface area contributed by atoms with Gasteiger partial charge in [-0.2, -0.15) is 23.4 Å². The van der Waals surface area contributed by atoms with E-state index in [2.05, 4.69) is 10.5 Å². The highest BCUT2D eigenvalue weighted by molar-refractivity contribution is 5.90. The van der Waals surface area contributed by atoms with Crippen LogP contribution in [0, 0.1) is 0 Å². The Morgan fingerprint density at radius 1 is 1.15 bits per heavy atom. The topological polar surface area (TPSA) is 79.1 Å². The van der Waals surface area contributed by atoms with E-state index in [1.165, 1.54) is 17.3 Å². The molecule has 3 aromatic rings. The number of carboxylic acids is 1. The Bertz CT molecular complexity index is 1220. The average Bonchev–Trinajstić information content (AvgIpc) is 3.35. The number of carbonyl (C=O) groups is 1. The van der Waals surface area contributed by atoms with Crippen LogP contribution in [0.3, 0.4) is 0 Å². The smallest absolute Gasteiger partial charge is 0.416 e. The number of aromatic nitrogens is 1. The number of rotatable bonds is 6. The van der Waals surface area contributed by atoms with Gasteiger partial charge in [-0.1, -0.05) is 0 Å². The Morgan fingerprint density at radius 3 is 2.48 bits per heavy atom. The molecule has 0 aliphatic carbocycles. The minimum absolute atomic E-state index is 0.249. The minimum Gasteiger partial charge on any atom is -0.491 e. The second kappa shape index (κ2) is 8.11. The van der Waals surface area contributed by atoms with E-state index in [9.17, 15) is 23.1 Å². The molecule has 174 valence electrons. The lowest BCUT2D eigenvalue weighted by atomic mass is 10.1. The molecule has 1 aliphatic heterocycles. The molecule has 0 fully saturated rings. The van der Waals surface area contributed by atoms with Gasteiger partial charge in [0, 0.05) is 17.1 Å². The van der Waals surface area contributed by atoms with Crippen LogP contribution in [0.2, 0.25) is 0 Å². The molecule has 1 aliphatic rings. The average molecular weight is 460 g/mol. The molecular formula is C23H23F3N4O3. The third-order valence-corrected chi connectivity index (χ3v) is 5.68. The maximum absolute atomic E-state index is 12.8. The van der Waals surface area contributed by atoms with Gasteiger partial charge in [0.05, 0.1) is 17.0 Å². The lowest BCUT2D eigenvalue weighted by Crippen LogP contribution is -2.41. The van der Waals surface area contributed by atoms with Crippen LogP contribution in [0.4, 0.5) is 18.9 Å². The number of nitrogens with zero attached hydrogens (tertiary/aromatic N) is 3. The first-order valence-corrected chi connectivity index (χ1v) is 10.2. The zero-order chi connectivity index (χ0) is 24.0. The number of alkyl halides is 3. The zero-order valence-corrected chi connectivity index (χ0v) is 18.2. The largest absolute Gasteiger partial charge is 0.491 e. The van der Waals surface area contributed by atoms with Crippen LogP contribution >= 0.6 is 0 Å². The van der Waals surface area contributed by atoms with Crippen LogP contribution in [-0.4, -0.2) is 34.0 Å². The van der Waals surface area contributed by atoms with E-state index in [1.807, 2.05) is 25.1 Å². The molecule has 0 spiro atoms. The van der Waals surface area contributed by atoms with E-state index in [0.717, 1.165) is 28.7 Å². The molecule has 2 N–H and O–H groups in total. The summed E-state index contributed by atoms with van der Waals surface area (Å²) in [5.41, 5.74) is 3.29. The van der Waals surface area contributed by atoms with Crippen molar-refractivity contribution in [2.24, 2.45) is 5.10 Å². The number of halogens is 3. The first kappa shape index (κ1) is 22.7. The van der Waals surface area contributed by atoms with Gasteiger partial charge in [-0.15, -0.1) is 0 Å². The quantitative estimate of drug-likeness (QED) is 0.561. The summed E-state index contributed by atoms with van der Waals surface area (Å²) in [7, 11) is 0. The number of ether oxygens (including phenoxy) is 1. The molecule has 0 bridgehead atoms. The van der Waals surface area contributed by atoms with Crippen molar-refractivity contribution >= 4 is 28.3 Å². The van der Waals surface area contributed by atoms with Crippen molar-refractivity contribution in [3.8, 4) is 5.75 Å². The second-order valence-corrected chi connectivity index (χ2v) is 8.36. The lowest BCUT2D eigenvalue weighted by molar-refractivity contribution is -0.145. The summed E-state index contributed by atoms with van der Waals surface area (Å²) < 4.78 is 45.9. The van der Waals surface area contributed by atoms with Gasteiger partial charge in [0.1, 0.15) is 23.9 Å². The highest BCUT2D eigenvalue weighted by Gasteiger charge is 2.32. The number of benzene rings is 2. The van der Waals surface area contributed by atoms with Gasteiger partial charge in [-0.05, 0) is 69.3 Å². The first-order chi connectivity index (χ1) is 15.5. The van der Waals surface area contributed by atoms with E-state index < -0.39 is 23.2 Å². The number of hydrogen-bond acceptors (Lipinski definition) is 5. The highest BCUT2D eigenvalue weighted by Crippen LogP contribution is 2.31. The number of carboxylic acid groups (broad SMARTS) is 1. The number of hydrazone groups is 1. The predicted octanol–water partition coefficient (Wildman–Crippen LogP) is 4.63. The fourth-order valence-electron chi connectivity index (χ4n) is 3.56. The van der Waals surface area contributed by atoms with Gasteiger partial charge >= 0.3 is 12.1 Å². The number of hydrazine groups is 1. The van der Waals surface area contributed by atoms with Gasteiger partial charge in [-0.3, -0.25) is 0 Å². The molecule has 1 unspecified atom stereocenters. The van der Waals surface area contributed by atoms with Gasteiger partial charge in [0.25, 0.3) is 0 Å². The monoisotopic (exact) mass is 460 g/mol. The summed E-state index contributed by atoms with van der Waals surface area (Å²) in [6, 6.07) is 11.7. The Balaban J connectivity index is 1.42. The third-order valence-electron chi connectivity index (χ3n) is 5.68. The summed E-state index contributed by atoms with van der Waals surface area (Å²) in [6.45, 7) is 5.33. The highest BCUT2D eigenvalue weighted by atomic mass is 19.4. The van der Waals surface area contributed by atoms with Crippen molar-refractivity contribution in [2.45, 2.75) is 38.5 Å². The van der Waals surface area contributed by atoms with Gasteiger partial charge < -0.3 is 14.4 Å². The van der Waals surface area contributed by atoms with Crippen molar-refractivity contribution in [1.29, 1.82) is 0 Å². The van der Waals surface area contributed by atoms with Gasteiger partial charge in [-0.25, -0.2) is 10.2 Å². The molecule has 0 amide bonds. The second-order valence-electron chi connectivity index (χ2n) is 8.36. The summed E-state index contributed by atoms with van der Waals surface area (Å²) in [5, 5.41) is 16.1. The third kappa shape index (κ3) is 4.38. The molecule has 0 radical (unpaired) electrons.